The van der Waals surface area contributed by atoms with Crippen molar-refractivity contribution < 1.29 is 4.74 Å². The minimum atomic E-state index is -0.148. The molecule has 28 heavy (non-hydrogen) atoms. The van der Waals surface area contributed by atoms with Crippen molar-refractivity contribution in [2.45, 2.75) is 39.3 Å². The molecule has 0 radical (unpaired) electrons. The molecule has 2 aliphatic rings. The van der Waals surface area contributed by atoms with Gasteiger partial charge in [-0.05, 0) is 41.8 Å². The fraction of sp³-hybridized carbons (Fsp3) is 0.478. The van der Waals surface area contributed by atoms with Crippen LogP contribution in [0.15, 0.2) is 30.3 Å². The lowest BCUT2D eigenvalue weighted by atomic mass is 9.73. The molecule has 0 amide bonds. The largest absolute Gasteiger partial charge is 0.377 e. The first-order chi connectivity index (χ1) is 13.5. The van der Waals surface area contributed by atoms with Crippen molar-refractivity contribution >= 4 is 23.0 Å². The number of rotatable bonds is 5. The van der Waals surface area contributed by atoms with Crippen LogP contribution in [0, 0.1) is 0 Å². The van der Waals surface area contributed by atoms with Crippen molar-refractivity contribution in [1.29, 1.82) is 0 Å². The molecule has 2 heterocycles. The second-order valence-electron chi connectivity index (χ2n) is 8.29. The fourth-order valence-electron chi connectivity index (χ4n) is 4.45. The molecule has 1 saturated heterocycles. The lowest BCUT2D eigenvalue weighted by Gasteiger charge is -2.37. The molecular weight excluding hydrogens is 370 g/mol. The summed E-state index contributed by atoms with van der Waals surface area (Å²) in [5, 5.41) is 7.89. The number of piperazine rings is 1. The summed E-state index contributed by atoms with van der Waals surface area (Å²) in [5.74, 6) is 0. The summed E-state index contributed by atoms with van der Waals surface area (Å²) in [4.78, 5) is 2.51. The van der Waals surface area contributed by atoms with Gasteiger partial charge in [-0.2, -0.15) is 0 Å². The molecule has 5 heteroatoms. The van der Waals surface area contributed by atoms with E-state index in [1.165, 1.54) is 16.8 Å². The van der Waals surface area contributed by atoms with Gasteiger partial charge >= 0.3 is 0 Å². The number of fused-ring (bicyclic) bond motifs is 2. The molecule has 2 aromatic rings. The zero-order valence-electron chi connectivity index (χ0n) is 17.1. The quantitative estimate of drug-likeness (QED) is 0.766. The number of hydrogen-bond acceptors (Lipinski definition) is 4. The van der Waals surface area contributed by atoms with Gasteiger partial charge in [0, 0.05) is 66.7 Å². The standard InChI is InChI=1S/C23H30ClN3O/c1-4-28-15-17-11-19(24)22-21(13-17)26-20-12-16(5-6-18(20)23(22,2)3)14-27-9-7-25-8-10-27/h5-6,11-13,25-26H,4,7-10,14-15H2,1-3H3. The van der Waals surface area contributed by atoms with Crippen molar-refractivity contribution in [3.63, 3.8) is 0 Å². The Morgan fingerprint density at radius 3 is 2.57 bits per heavy atom. The van der Waals surface area contributed by atoms with Gasteiger partial charge in [0.25, 0.3) is 0 Å². The minimum Gasteiger partial charge on any atom is -0.377 e. The van der Waals surface area contributed by atoms with Gasteiger partial charge in [0.2, 0.25) is 0 Å². The van der Waals surface area contributed by atoms with Gasteiger partial charge in [0.05, 0.1) is 6.61 Å². The Morgan fingerprint density at radius 1 is 1.07 bits per heavy atom. The van der Waals surface area contributed by atoms with Gasteiger partial charge in [-0.1, -0.05) is 37.6 Å². The first-order valence-electron chi connectivity index (χ1n) is 10.2. The van der Waals surface area contributed by atoms with Crippen molar-refractivity contribution in [2.24, 2.45) is 0 Å². The van der Waals surface area contributed by atoms with Crippen molar-refractivity contribution in [1.82, 2.24) is 10.2 Å². The molecule has 0 atom stereocenters. The van der Waals surface area contributed by atoms with E-state index in [0.717, 1.165) is 54.6 Å². The number of nitrogens with zero attached hydrogens (tertiary/aromatic N) is 1. The summed E-state index contributed by atoms with van der Waals surface area (Å²) in [6.45, 7) is 13.2. The number of hydrogen-bond donors (Lipinski definition) is 2. The van der Waals surface area contributed by atoms with Crippen LogP contribution in [0.5, 0.6) is 0 Å². The summed E-state index contributed by atoms with van der Waals surface area (Å²) in [6, 6.07) is 11.1. The van der Waals surface area contributed by atoms with Crippen LogP contribution in [0.2, 0.25) is 5.02 Å². The second-order valence-corrected chi connectivity index (χ2v) is 8.70. The molecule has 0 unspecified atom stereocenters. The van der Waals surface area contributed by atoms with Crippen molar-refractivity contribution in [3.05, 3.63) is 57.6 Å². The van der Waals surface area contributed by atoms with Crippen LogP contribution >= 0.6 is 11.6 Å². The van der Waals surface area contributed by atoms with Gasteiger partial charge in [0.15, 0.2) is 0 Å². The van der Waals surface area contributed by atoms with E-state index in [9.17, 15) is 0 Å². The van der Waals surface area contributed by atoms with Gasteiger partial charge < -0.3 is 15.4 Å². The molecular formula is C23H30ClN3O. The fourth-order valence-corrected chi connectivity index (χ4v) is 4.92. The van der Waals surface area contributed by atoms with Crippen LogP contribution in [0.3, 0.4) is 0 Å². The lowest BCUT2D eigenvalue weighted by molar-refractivity contribution is 0.134. The minimum absolute atomic E-state index is 0.148. The monoisotopic (exact) mass is 399 g/mol. The zero-order chi connectivity index (χ0) is 19.7. The molecule has 1 fully saturated rings. The van der Waals surface area contributed by atoms with E-state index in [2.05, 4.69) is 53.6 Å². The summed E-state index contributed by atoms with van der Waals surface area (Å²) in [6.07, 6.45) is 0. The number of halogens is 1. The maximum atomic E-state index is 6.73. The molecule has 0 aliphatic carbocycles. The van der Waals surface area contributed by atoms with Crippen LogP contribution < -0.4 is 10.6 Å². The molecule has 2 aliphatic heterocycles. The first kappa shape index (κ1) is 19.7. The summed E-state index contributed by atoms with van der Waals surface area (Å²) in [5.41, 5.74) is 7.05. The Bertz CT molecular complexity index is 859. The molecule has 0 bridgehead atoms. The average Bonchev–Trinajstić information content (AvgIpc) is 2.66. The topological polar surface area (TPSA) is 36.5 Å². The molecule has 150 valence electrons. The number of nitrogens with one attached hydrogen (secondary N) is 2. The first-order valence-corrected chi connectivity index (χ1v) is 10.6. The van der Waals surface area contributed by atoms with Crippen molar-refractivity contribution in [3.8, 4) is 0 Å². The Hall–Kier alpha value is -1.59. The van der Waals surface area contributed by atoms with Gasteiger partial charge in [-0.15, -0.1) is 0 Å². The summed E-state index contributed by atoms with van der Waals surface area (Å²) >= 11 is 6.73. The van der Waals surface area contributed by atoms with E-state index in [1.807, 2.05) is 13.0 Å². The highest BCUT2D eigenvalue weighted by Gasteiger charge is 2.35. The Labute approximate surface area is 173 Å². The highest BCUT2D eigenvalue weighted by molar-refractivity contribution is 6.32. The smallest absolute Gasteiger partial charge is 0.0717 e. The maximum Gasteiger partial charge on any atom is 0.0717 e. The maximum absolute atomic E-state index is 6.73. The average molecular weight is 400 g/mol. The third-order valence-electron chi connectivity index (χ3n) is 5.89. The van der Waals surface area contributed by atoms with Crippen LogP contribution in [0.25, 0.3) is 0 Å². The van der Waals surface area contributed by atoms with E-state index in [-0.39, 0.29) is 5.41 Å². The molecule has 4 nitrogen and oxygen atoms in total. The van der Waals surface area contributed by atoms with E-state index in [4.69, 9.17) is 16.3 Å². The highest BCUT2D eigenvalue weighted by Crippen LogP contribution is 2.48. The van der Waals surface area contributed by atoms with Crippen LogP contribution in [-0.4, -0.2) is 37.7 Å². The highest BCUT2D eigenvalue weighted by atomic mass is 35.5. The van der Waals surface area contributed by atoms with Gasteiger partial charge in [0.1, 0.15) is 0 Å². The third kappa shape index (κ3) is 3.79. The molecule has 2 aromatic carbocycles. The van der Waals surface area contributed by atoms with Gasteiger partial charge in [-0.25, -0.2) is 0 Å². The molecule has 0 spiro atoms. The van der Waals surface area contributed by atoms with Crippen molar-refractivity contribution in [2.75, 3.05) is 38.1 Å². The summed E-state index contributed by atoms with van der Waals surface area (Å²) < 4.78 is 5.59. The molecule has 0 aromatic heterocycles. The third-order valence-corrected chi connectivity index (χ3v) is 6.19. The summed E-state index contributed by atoms with van der Waals surface area (Å²) in [7, 11) is 0. The molecule has 0 saturated carbocycles. The SMILES string of the molecule is CCOCc1cc(Cl)c2c(c1)Nc1cc(CN3CCNCC3)ccc1C2(C)C. The van der Waals surface area contributed by atoms with E-state index < -0.39 is 0 Å². The van der Waals surface area contributed by atoms with Crippen LogP contribution in [-0.2, 0) is 23.3 Å². The Kier molecular flexibility index (Phi) is 5.66. The van der Waals surface area contributed by atoms with E-state index >= 15 is 0 Å². The van der Waals surface area contributed by atoms with Crippen LogP contribution in [0.1, 0.15) is 43.0 Å². The van der Waals surface area contributed by atoms with Crippen LogP contribution in [0.4, 0.5) is 11.4 Å². The predicted molar refractivity (Wildman–Crippen MR) is 117 cm³/mol. The van der Waals surface area contributed by atoms with Gasteiger partial charge in [-0.3, -0.25) is 4.90 Å². The predicted octanol–water partition coefficient (Wildman–Crippen LogP) is 4.66. The zero-order valence-corrected chi connectivity index (χ0v) is 17.8. The number of benzene rings is 2. The van der Waals surface area contributed by atoms with E-state index in [1.54, 1.807) is 0 Å². The normalized spacial score (nSPS) is 18.3. The molecule has 4 rings (SSSR count). The second kappa shape index (κ2) is 8.03. The lowest BCUT2D eigenvalue weighted by Crippen LogP contribution is -2.42. The van der Waals surface area contributed by atoms with E-state index in [0.29, 0.717) is 13.2 Å². The Morgan fingerprint density at radius 2 is 1.82 bits per heavy atom. The molecule has 2 N–H and O–H groups in total. The Balaban J connectivity index is 1.65. The number of ether oxygens (including phenoxy) is 1. The number of anilines is 2.